The van der Waals surface area contributed by atoms with Gasteiger partial charge in [0.2, 0.25) is 5.82 Å². The lowest BCUT2D eigenvalue weighted by Gasteiger charge is -2.19. The minimum atomic E-state index is -4.57. The monoisotopic (exact) mass is 339 g/mol. The van der Waals surface area contributed by atoms with Crippen LogP contribution >= 0.6 is 0 Å². The molecule has 0 N–H and O–H groups in total. The molecule has 1 saturated heterocycles. The van der Waals surface area contributed by atoms with E-state index in [4.69, 9.17) is 9.47 Å². The first-order valence-corrected chi connectivity index (χ1v) is 7.47. The smallest absolute Gasteiger partial charge is 0.451 e. The van der Waals surface area contributed by atoms with Crippen molar-refractivity contribution in [3.05, 3.63) is 36.4 Å². The molecule has 24 heavy (non-hydrogen) atoms. The van der Waals surface area contributed by atoms with Crippen LogP contribution in [0.1, 0.15) is 18.7 Å². The molecule has 0 saturated carbocycles. The van der Waals surface area contributed by atoms with Crippen LogP contribution in [0.15, 0.2) is 30.6 Å². The van der Waals surface area contributed by atoms with Gasteiger partial charge in [0.25, 0.3) is 0 Å². The van der Waals surface area contributed by atoms with Crippen LogP contribution in [0.5, 0.6) is 17.2 Å². The summed E-state index contributed by atoms with van der Waals surface area (Å²) >= 11 is 0. The second-order valence-corrected chi connectivity index (χ2v) is 5.40. The molecular weight excluding hydrogens is 323 g/mol. The van der Waals surface area contributed by atoms with E-state index in [1.165, 1.54) is 0 Å². The molecule has 128 valence electrons. The van der Waals surface area contributed by atoms with Gasteiger partial charge in [0.1, 0.15) is 11.5 Å². The van der Waals surface area contributed by atoms with E-state index in [0.717, 1.165) is 44.0 Å². The highest BCUT2D eigenvalue weighted by atomic mass is 19.4. The fourth-order valence-electron chi connectivity index (χ4n) is 2.54. The number of methoxy groups -OCH3 is 1. The highest BCUT2D eigenvalue weighted by Gasteiger charge is 2.34. The molecule has 3 rings (SSSR count). The Balaban J connectivity index is 1.82. The van der Waals surface area contributed by atoms with E-state index in [1.807, 2.05) is 12.1 Å². The minimum Gasteiger partial charge on any atom is -0.497 e. The molecule has 5 nitrogen and oxygen atoms in total. The van der Waals surface area contributed by atoms with Crippen molar-refractivity contribution in [3.8, 4) is 17.2 Å². The van der Waals surface area contributed by atoms with Crippen molar-refractivity contribution in [2.24, 2.45) is 0 Å². The minimum absolute atomic E-state index is 0.128. The van der Waals surface area contributed by atoms with Crippen LogP contribution in [-0.2, 0) is 6.18 Å². The number of nitrogens with zero attached hydrogens (tertiary/aromatic N) is 3. The van der Waals surface area contributed by atoms with Crippen LogP contribution in [0, 0.1) is 0 Å². The second-order valence-electron chi connectivity index (χ2n) is 5.40. The van der Waals surface area contributed by atoms with Crippen molar-refractivity contribution >= 4 is 5.69 Å². The van der Waals surface area contributed by atoms with Crippen LogP contribution in [0.25, 0.3) is 0 Å². The molecule has 2 heterocycles. The summed E-state index contributed by atoms with van der Waals surface area (Å²) in [7, 11) is 1.55. The highest BCUT2D eigenvalue weighted by Crippen LogP contribution is 2.33. The number of hydrogen-bond acceptors (Lipinski definition) is 5. The SMILES string of the molecule is COc1cc(Oc2cnc(C(F)(F)F)nc2)cc(N2CCCC2)c1. The average Bonchev–Trinajstić information content (AvgIpc) is 3.08. The van der Waals surface area contributed by atoms with Crippen LogP contribution in [-0.4, -0.2) is 30.2 Å². The fraction of sp³-hybridized carbons (Fsp3) is 0.375. The van der Waals surface area contributed by atoms with Gasteiger partial charge in [-0.25, -0.2) is 9.97 Å². The maximum Gasteiger partial charge on any atom is 0.451 e. The lowest BCUT2D eigenvalue weighted by atomic mass is 10.2. The van der Waals surface area contributed by atoms with Gasteiger partial charge in [-0.05, 0) is 12.8 Å². The summed E-state index contributed by atoms with van der Waals surface area (Å²) < 4.78 is 48.3. The van der Waals surface area contributed by atoms with Crippen LogP contribution in [0.2, 0.25) is 0 Å². The lowest BCUT2D eigenvalue weighted by Crippen LogP contribution is -2.17. The molecule has 0 spiro atoms. The number of benzene rings is 1. The van der Waals surface area contributed by atoms with Crippen LogP contribution in [0.3, 0.4) is 0 Å². The van der Waals surface area contributed by atoms with Crippen molar-refractivity contribution in [1.82, 2.24) is 9.97 Å². The predicted octanol–water partition coefficient (Wildman–Crippen LogP) is 3.90. The first kappa shape index (κ1) is 16.4. The van der Waals surface area contributed by atoms with Gasteiger partial charge in [0.05, 0.1) is 19.5 Å². The molecule has 0 aliphatic carbocycles. The molecule has 0 bridgehead atoms. The zero-order chi connectivity index (χ0) is 17.2. The highest BCUT2D eigenvalue weighted by molar-refractivity contribution is 5.56. The summed E-state index contributed by atoms with van der Waals surface area (Å²) in [4.78, 5) is 8.78. The third kappa shape index (κ3) is 3.69. The predicted molar refractivity (Wildman–Crippen MR) is 81.5 cm³/mol. The Morgan fingerprint density at radius 2 is 1.58 bits per heavy atom. The molecule has 0 radical (unpaired) electrons. The van der Waals surface area contributed by atoms with Crippen molar-refractivity contribution < 1.29 is 22.6 Å². The van der Waals surface area contributed by atoms with Crippen LogP contribution < -0.4 is 14.4 Å². The standard InChI is InChI=1S/C16H16F3N3O2/c1-23-12-6-11(22-4-2-3-5-22)7-13(8-12)24-14-9-20-15(21-10-14)16(17,18)19/h6-10H,2-5H2,1H3. The second kappa shape index (κ2) is 6.54. The molecule has 2 aromatic rings. The van der Waals surface area contributed by atoms with E-state index in [2.05, 4.69) is 14.9 Å². The number of hydrogen-bond donors (Lipinski definition) is 0. The number of aromatic nitrogens is 2. The molecule has 1 aliphatic rings. The summed E-state index contributed by atoms with van der Waals surface area (Å²) in [6.07, 6.45) is -0.312. The molecule has 0 unspecified atom stereocenters. The van der Waals surface area contributed by atoms with Gasteiger partial charge >= 0.3 is 6.18 Å². The molecule has 0 atom stereocenters. The van der Waals surface area contributed by atoms with E-state index in [0.29, 0.717) is 11.5 Å². The van der Waals surface area contributed by atoms with E-state index in [1.54, 1.807) is 13.2 Å². The molecule has 1 aliphatic heterocycles. The van der Waals surface area contributed by atoms with Crippen molar-refractivity contribution in [2.45, 2.75) is 19.0 Å². The van der Waals surface area contributed by atoms with E-state index < -0.39 is 12.0 Å². The quantitative estimate of drug-likeness (QED) is 0.845. The van der Waals surface area contributed by atoms with Gasteiger partial charge in [-0.15, -0.1) is 0 Å². The molecule has 1 aromatic heterocycles. The summed E-state index contributed by atoms with van der Waals surface area (Å²) in [6.45, 7) is 1.91. The van der Waals surface area contributed by atoms with Gasteiger partial charge in [-0.1, -0.05) is 0 Å². The zero-order valence-corrected chi connectivity index (χ0v) is 13.0. The van der Waals surface area contributed by atoms with Gasteiger partial charge in [0.15, 0.2) is 5.75 Å². The van der Waals surface area contributed by atoms with Gasteiger partial charge in [-0.3, -0.25) is 0 Å². The van der Waals surface area contributed by atoms with E-state index in [9.17, 15) is 13.2 Å². The number of halogens is 3. The Morgan fingerprint density at radius 3 is 2.17 bits per heavy atom. The van der Waals surface area contributed by atoms with E-state index in [-0.39, 0.29) is 5.75 Å². The Morgan fingerprint density at radius 1 is 0.958 bits per heavy atom. The molecular formula is C16H16F3N3O2. The first-order valence-electron chi connectivity index (χ1n) is 7.47. The largest absolute Gasteiger partial charge is 0.497 e. The van der Waals surface area contributed by atoms with Crippen LogP contribution in [0.4, 0.5) is 18.9 Å². The number of ether oxygens (including phenoxy) is 2. The van der Waals surface area contributed by atoms with Crippen molar-refractivity contribution in [1.29, 1.82) is 0 Å². The lowest BCUT2D eigenvalue weighted by molar-refractivity contribution is -0.145. The number of rotatable bonds is 4. The first-order chi connectivity index (χ1) is 11.5. The summed E-state index contributed by atoms with van der Waals surface area (Å²) in [5, 5.41) is 0. The van der Waals surface area contributed by atoms with Crippen molar-refractivity contribution in [3.63, 3.8) is 0 Å². The fourth-order valence-corrected chi connectivity index (χ4v) is 2.54. The summed E-state index contributed by atoms with van der Waals surface area (Å²) in [5.74, 6) is 0.00344. The Bertz CT molecular complexity index is 699. The Hall–Kier alpha value is -2.51. The third-order valence-electron chi connectivity index (χ3n) is 3.69. The number of anilines is 1. The topological polar surface area (TPSA) is 47.5 Å². The Kier molecular flexibility index (Phi) is 4.46. The molecule has 1 fully saturated rings. The normalized spacial score (nSPS) is 14.8. The molecule has 0 amide bonds. The maximum atomic E-state index is 12.5. The zero-order valence-electron chi connectivity index (χ0n) is 13.0. The van der Waals surface area contributed by atoms with E-state index >= 15 is 0 Å². The average molecular weight is 339 g/mol. The van der Waals surface area contributed by atoms with Gasteiger partial charge in [-0.2, -0.15) is 13.2 Å². The third-order valence-corrected chi connectivity index (χ3v) is 3.69. The summed E-state index contributed by atoms with van der Waals surface area (Å²) in [5.41, 5.74) is 0.953. The molecule has 8 heteroatoms. The maximum absolute atomic E-state index is 12.5. The van der Waals surface area contributed by atoms with Crippen molar-refractivity contribution in [2.75, 3.05) is 25.1 Å². The molecule has 1 aromatic carbocycles. The van der Waals surface area contributed by atoms with Gasteiger partial charge in [0, 0.05) is 37.0 Å². The van der Waals surface area contributed by atoms with Gasteiger partial charge < -0.3 is 14.4 Å². The number of alkyl halides is 3. The summed E-state index contributed by atoms with van der Waals surface area (Å²) in [6, 6.07) is 5.39. The Labute approximate surface area is 137 Å².